The third-order valence-electron chi connectivity index (χ3n) is 1.24. The van der Waals surface area contributed by atoms with E-state index in [0.29, 0.717) is 0 Å². The molecule has 0 saturated carbocycles. The van der Waals surface area contributed by atoms with Crippen LogP contribution in [0.4, 0.5) is 0 Å². The molecule has 0 bridgehead atoms. The summed E-state index contributed by atoms with van der Waals surface area (Å²) < 4.78 is 0. The molecule has 0 unspecified atom stereocenters. The van der Waals surface area contributed by atoms with Gasteiger partial charge < -0.3 is 0 Å². The fourth-order valence-electron chi connectivity index (χ4n) is 0.726. The molecular formula is C8H8ClY+2. The molecule has 0 spiro atoms. The van der Waals surface area contributed by atoms with Crippen molar-refractivity contribution in [2.24, 2.45) is 0 Å². The van der Waals surface area contributed by atoms with Gasteiger partial charge in [0.05, 0.1) is 0 Å². The van der Waals surface area contributed by atoms with Crippen LogP contribution in [-0.2, 0) is 32.7 Å². The van der Waals surface area contributed by atoms with Crippen LogP contribution >= 0.6 is 11.6 Å². The van der Waals surface area contributed by atoms with Crippen LogP contribution in [0.3, 0.4) is 0 Å². The monoisotopic (exact) mass is 228 g/mol. The maximum atomic E-state index is 5.75. The Morgan fingerprint density at radius 2 is 2.00 bits per heavy atom. The number of halogens is 1. The number of hydrogen-bond donors (Lipinski definition) is 0. The van der Waals surface area contributed by atoms with E-state index in [9.17, 15) is 0 Å². The number of rotatable bonds is 0. The predicted octanol–water partition coefficient (Wildman–Crippen LogP) is 2.75. The van der Waals surface area contributed by atoms with Crippen LogP contribution in [0.5, 0.6) is 0 Å². The number of hydrogen-bond acceptors (Lipinski definition) is 0. The summed E-state index contributed by atoms with van der Waals surface area (Å²) in [6.07, 6.45) is 0. The van der Waals surface area contributed by atoms with Gasteiger partial charge in [-0.25, -0.2) is 0 Å². The van der Waals surface area contributed by atoms with Gasteiger partial charge in [0, 0.05) is 0 Å². The van der Waals surface area contributed by atoms with E-state index in [2.05, 4.69) is 6.07 Å². The van der Waals surface area contributed by atoms with Gasteiger partial charge in [-0.3, -0.25) is 0 Å². The summed E-state index contributed by atoms with van der Waals surface area (Å²) in [6.45, 7) is 3.99. The first kappa shape index (κ1) is 10.6. The van der Waals surface area contributed by atoms with Crippen molar-refractivity contribution in [3.63, 3.8) is 0 Å². The molecule has 0 atom stereocenters. The topological polar surface area (TPSA) is 0 Å². The molecule has 0 amide bonds. The minimum atomic E-state index is 0. The Hall–Kier alpha value is 0.614. The van der Waals surface area contributed by atoms with Crippen LogP contribution in [0.2, 0.25) is 5.02 Å². The van der Waals surface area contributed by atoms with Gasteiger partial charge in [0.15, 0.2) is 0 Å². The van der Waals surface area contributed by atoms with Gasteiger partial charge in [-0.2, -0.15) is 35.4 Å². The van der Waals surface area contributed by atoms with E-state index in [4.69, 9.17) is 11.6 Å². The molecule has 0 nitrogen and oxygen atoms in total. The molecule has 0 N–H and O–H groups in total. The maximum absolute atomic E-state index is 5.75. The zero-order chi connectivity index (χ0) is 6.85. The Bertz CT molecular complexity index is 220. The fourth-order valence-corrected chi connectivity index (χ4v) is 0.836. The minimum absolute atomic E-state index is 0. The van der Waals surface area contributed by atoms with Gasteiger partial charge in [-0.15, -0.1) is 5.56 Å². The first-order valence-electron chi connectivity index (χ1n) is 2.84. The zero-order valence-corrected chi connectivity index (χ0v) is 9.70. The summed E-state index contributed by atoms with van der Waals surface area (Å²) in [5.41, 5.74) is 2.25. The molecule has 0 aliphatic carbocycles. The van der Waals surface area contributed by atoms with Crippen LogP contribution in [0, 0.1) is 19.9 Å². The van der Waals surface area contributed by atoms with Crippen molar-refractivity contribution in [1.82, 2.24) is 0 Å². The maximum Gasteiger partial charge on any atom is 3.00 e. The van der Waals surface area contributed by atoms with E-state index >= 15 is 0 Å². The van der Waals surface area contributed by atoms with Gasteiger partial charge in [0.1, 0.15) is 0 Å². The average Bonchev–Trinajstić information content (AvgIpc) is 1.80. The molecule has 1 aromatic carbocycles. The smallest absolute Gasteiger partial charge is 0.179 e. The predicted molar refractivity (Wildman–Crippen MR) is 39.8 cm³/mol. The first-order valence-corrected chi connectivity index (χ1v) is 3.22. The Labute approximate surface area is 91.8 Å². The normalized spacial score (nSPS) is 8.70. The Morgan fingerprint density at radius 1 is 1.40 bits per heavy atom. The average molecular weight is 229 g/mol. The quantitative estimate of drug-likeness (QED) is 0.599. The van der Waals surface area contributed by atoms with Gasteiger partial charge in [0.2, 0.25) is 0 Å². The largest absolute Gasteiger partial charge is 3.00 e. The second-order valence-electron chi connectivity index (χ2n) is 2.15. The summed E-state index contributed by atoms with van der Waals surface area (Å²) in [4.78, 5) is 0. The molecule has 1 rings (SSSR count). The summed E-state index contributed by atoms with van der Waals surface area (Å²) in [6, 6.07) is 6.82. The van der Waals surface area contributed by atoms with Crippen LogP contribution in [0.1, 0.15) is 11.1 Å². The van der Waals surface area contributed by atoms with Crippen molar-refractivity contribution in [2.45, 2.75) is 13.8 Å². The van der Waals surface area contributed by atoms with Gasteiger partial charge in [-0.05, 0) is 0 Å². The molecule has 0 fully saturated rings. The number of benzene rings is 1. The SMILES string of the molecule is Cc1[c-]cc(Cl)c(C)c1.[Y+3]. The zero-order valence-electron chi connectivity index (χ0n) is 6.11. The van der Waals surface area contributed by atoms with Crippen molar-refractivity contribution in [3.05, 3.63) is 34.3 Å². The van der Waals surface area contributed by atoms with Crippen molar-refractivity contribution in [3.8, 4) is 0 Å². The number of aryl methyl sites for hydroxylation is 2. The van der Waals surface area contributed by atoms with E-state index < -0.39 is 0 Å². The van der Waals surface area contributed by atoms with Gasteiger partial charge >= 0.3 is 32.7 Å². The van der Waals surface area contributed by atoms with Crippen molar-refractivity contribution < 1.29 is 32.7 Å². The van der Waals surface area contributed by atoms with Crippen LogP contribution in [-0.4, -0.2) is 0 Å². The summed E-state index contributed by atoms with van der Waals surface area (Å²) in [5.74, 6) is 0. The summed E-state index contributed by atoms with van der Waals surface area (Å²) >= 11 is 5.75. The standard InChI is InChI=1S/C8H8Cl.Y/c1-6-3-4-8(9)7(2)5-6;/h4-5H,1-2H3;/q-1;+3. The second-order valence-corrected chi connectivity index (χ2v) is 2.55. The third-order valence-corrected chi connectivity index (χ3v) is 1.64. The molecule has 0 radical (unpaired) electrons. The van der Waals surface area contributed by atoms with Crippen LogP contribution in [0.25, 0.3) is 0 Å². The molecule has 0 aromatic heterocycles. The molecule has 0 aliphatic heterocycles. The summed E-state index contributed by atoms with van der Waals surface area (Å²) in [7, 11) is 0. The van der Waals surface area contributed by atoms with E-state index in [1.165, 1.54) is 0 Å². The molecule has 2 heteroatoms. The molecule has 10 heavy (non-hydrogen) atoms. The van der Waals surface area contributed by atoms with E-state index in [1.54, 1.807) is 6.07 Å². The van der Waals surface area contributed by atoms with Gasteiger partial charge in [-0.1, -0.05) is 18.9 Å². The second kappa shape index (κ2) is 4.48. The Morgan fingerprint density at radius 3 is 2.40 bits per heavy atom. The van der Waals surface area contributed by atoms with Crippen molar-refractivity contribution in [2.75, 3.05) is 0 Å². The molecule has 1 aromatic rings. The van der Waals surface area contributed by atoms with Crippen LogP contribution in [0.15, 0.2) is 12.1 Å². The van der Waals surface area contributed by atoms with Gasteiger partial charge in [0.25, 0.3) is 0 Å². The molecule has 0 saturated heterocycles. The molecule has 0 heterocycles. The molecule has 0 aliphatic rings. The van der Waals surface area contributed by atoms with Crippen molar-refractivity contribution >= 4 is 11.6 Å². The van der Waals surface area contributed by atoms with E-state index in [0.717, 1.165) is 16.1 Å². The first-order chi connectivity index (χ1) is 4.20. The fraction of sp³-hybridized carbons (Fsp3) is 0.250. The summed E-state index contributed by atoms with van der Waals surface area (Å²) in [5, 5.41) is 0.792. The third kappa shape index (κ3) is 2.69. The Balaban J connectivity index is 0.000000810. The Kier molecular flexibility index (Phi) is 4.76. The molecule has 48 valence electrons. The minimum Gasteiger partial charge on any atom is -0.179 e. The van der Waals surface area contributed by atoms with Crippen molar-refractivity contribution in [1.29, 1.82) is 0 Å². The van der Waals surface area contributed by atoms with Crippen LogP contribution < -0.4 is 0 Å². The molecular weight excluding hydrogens is 220 g/mol. The van der Waals surface area contributed by atoms with E-state index in [-0.39, 0.29) is 32.7 Å². The van der Waals surface area contributed by atoms with E-state index in [1.807, 2.05) is 19.9 Å².